The number of esters is 1. The molecule has 2 aromatic carbocycles. The average molecular weight is 484 g/mol. The van der Waals surface area contributed by atoms with Gasteiger partial charge in [-0.1, -0.05) is 32.0 Å². The Balaban J connectivity index is 1.35. The van der Waals surface area contributed by atoms with E-state index in [-0.39, 0.29) is 29.7 Å². The van der Waals surface area contributed by atoms with Gasteiger partial charge in [-0.15, -0.1) is 0 Å². The van der Waals surface area contributed by atoms with Gasteiger partial charge in [0.1, 0.15) is 29.5 Å². The average Bonchev–Trinajstić information content (AvgIpc) is 3.14. The number of piperidine rings is 1. The zero-order valence-electron chi connectivity index (χ0n) is 21.7. The highest BCUT2D eigenvalue weighted by Crippen LogP contribution is 2.46. The highest BCUT2D eigenvalue weighted by molar-refractivity contribution is 5.70. The van der Waals surface area contributed by atoms with Crippen molar-refractivity contribution in [3.8, 4) is 11.5 Å². The number of benzene rings is 2. The summed E-state index contributed by atoms with van der Waals surface area (Å²) >= 11 is 0. The van der Waals surface area contributed by atoms with Crippen molar-refractivity contribution in [1.82, 2.24) is 4.90 Å². The highest BCUT2D eigenvalue weighted by Gasteiger charge is 2.43. The van der Waals surface area contributed by atoms with Crippen LogP contribution in [0.25, 0.3) is 0 Å². The molecule has 1 saturated heterocycles. The van der Waals surface area contributed by atoms with Crippen LogP contribution in [0.2, 0.25) is 0 Å². The summed E-state index contributed by atoms with van der Waals surface area (Å²) in [6, 6.07) is 11.2. The van der Waals surface area contributed by atoms with Crippen LogP contribution in [0.4, 0.5) is 4.39 Å². The van der Waals surface area contributed by atoms with E-state index in [0.717, 1.165) is 43.8 Å². The van der Waals surface area contributed by atoms with Crippen LogP contribution in [-0.2, 0) is 21.6 Å². The van der Waals surface area contributed by atoms with Crippen molar-refractivity contribution in [2.24, 2.45) is 0 Å². The molecule has 5 nitrogen and oxygen atoms in total. The Hall–Kier alpha value is -2.60. The first-order chi connectivity index (χ1) is 16.6. The normalized spacial score (nSPS) is 17.3. The van der Waals surface area contributed by atoms with Gasteiger partial charge in [0.2, 0.25) is 0 Å². The van der Waals surface area contributed by atoms with E-state index in [1.807, 2.05) is 39.0 Å². The minimum Gasteiger partial charge on any atom is -0.492 e. The first kappa shape index (κ1) is 25.5. The van der Waals surface area contributed by atoms with Crippen molar-refractivity contribution in [2.75, 3.05) is 26.2 Å². The molecule has 0 aromatic heterocycles. The van der Waals surface area contributed by atoms with Gasteiger partial charge in [0.25, 0.3) is 0 Å². The third kappa shape index (κ3) is 5.97. The minimum absolute atomic E-state index is 0.00658. The molecular weight excluding hydrogens is 445 g/mol. The largest absolute Gasteiger partial charge is 0.492 e. The van der Waals surface area contributed by atoms with E-state index >= 15 is 0 Å². The zero-order valence-corrected chi connectivity index (χ0v) is 21.7. The van der Waals surface area contributed by atoms with Crippen molar-refractivity contribution >= 4 is 5.97 Å². The molecule has 1 spiro atoms. The molecule has 0 bridgehead atoms. The van der Waals surface area contributed by atoms with Crippen LogP contribution in [-0.4, -0.2) is 42.7 Å². The van der Waals surface area contributed by atoms with Crippen LogP contribution < -0.4 is 9.47 Å². The van der Waals surface area contributed by atoms with Crippen LogP contribution in [0, 0.1) is 5.82 Å². The van der Waals surface area contributed by atoms with Crippen molar-refractivity contribution in [3.05, 3.63) is 58.9 Å². The maximum atomic E-state index is 14.4. The van der Waals surface area contributed by atoms with E-state index in [0.29, 0.717) is 24.3 Å². The SMILES string of the molecule is CC(C)c1cccc(F)c1COc1ccc2c(c1)OCC21CCN(CCC(=O)OC(C)(C)C)CC1. The van der Waals surface area contributed by atoms with E-state index in [4.69, 9.17) is 14.2 Å². The summed E-state index contributed by atoms with van der Waals surface area (Å²) in [5, 5.41) is 0. The van der Waals surface area contributed by atoms with Gasteiger partial charge < -0.3 is 19.1 Å². The fraction of sp³-hybridized carbons (Fsp3) is 0.552. The number of hydrogen-bond donors (Lipinski definition) is 0. The predicted molar refractivity (Wildman–Crippen MR) is 135 cm³/mol. The molecule has 0 atom stereocenters. The molecule has 6 heteroatoms. The molecule has 2 aromatic rings. The number of likely N-dealkylation sites (tertiary alicyclic amines) is 1. The van der Waals surface area contributed by atoms with Gasteiger partial charge in [-0.25, -0.2) is 4.39 Å². The molecule has 0 radical (unpaired) electrons. The Bertz CT molecular complexity index is 1050. The Kier molecular flexibility index (Phi) is 7.41. The fourth-order valence-electron chi connectivity index (χ4n) is 5.13. The lowest BCUT2D eigenvalue weighted by molar-refractivity contribution is -0.155. The number of nitrogens with zero attached hydrogens (tertiary/aromatic N) is 1. The molecule has 2 aliphatic heterocycles. The third-order valence-corrected chi connectivity index (χ3v) is 7.05. The molecule has 190 valence electrons. The van der Waals surface area contributed by atoms with E-state index in [9.17, 15) is 9.18 Å². The van der Waals surface area contributed by atoms with Crippen LogP contribution in [0.1, 0.15) is 76.5 Å². The quantitative estimate of drug-likeness (QED) is 0.453. The maximum absolute atomic E-state index is 14.4. The van der Waals surface area contributed by atoms with Gasteiger partial charge in [-0.05, 0) is 70.3 Å². The first-order valence-electron chi connectivity index (χ1n) is 12.7. The molecular formula is C29H38FNO4. The van der Waals surface area contributed by atoms with Gasteiger partial charge in [-0.2, -0.15) is 0 Å². The lowest BCUT2D eigenvalue weighted by Gasteiger charge is -2.38. The van der Waals surface area contributed by atoms with Crippen LogP contribution in [0.5, 0.6) is 11.5 Å². The van der Waals surface area contributed by atoms with Crippen LogP contribution in [0.3, 0.4) is 0 Å². The number of carbonyl (C=O) groups excluding carboxylic acids is 1. The summed E-state index contributed by atoms with van der Waals surface area (Å²) in [6.07, 6.45) is 2.39. The van der Waals surface area contributed by atoms with Crippen LogP contribution >= 0.6 is 0 Å². The molecule has 1 fully saturated rings. The number of fused-ring (bicyclic) bond motifs is 2. The molecule has 0 saturated carbocycles. The minimum atomic E-state index is -0.442. The van der Waals surface area contributed by atoms with E-state index in [1.54, 1.807) is 6.07 Å². The molecule has 0 N–H and O–H groups in total. The van der Waals surface area contributed by atoms with Crippen molar-refractivity contribution in [2.45, 2.75) is 77.4 Å². The molecule has 0 aliphatic carbocycles. The number of rotatable bonds is 7. The lowest BCUT2D eigenvalue weighted by atomic mass is 9.74. The second-order valence-corrected chi connectivity index (χ2v) is 11.2. The van der Waals surface area contributed by atoms with Gasteiger partial charge >= 0.3 is 5.97 Å². The number of hydrogen-bond acceptors (Lipinski definition) is 5. The number of ether oxygens (including phenoxy) is 3. The lowest BCUT2D eigenvalue weighted by Crippen LogP contribution is -2.44. The number of halogens is 1. The summed E-state index contributed by atoms with van der Waals surface area (Å²) in [5.41, 5.74) is 2.37. The molecule has 2 aliphatic rings. The molecule has 0 unspecified atom stereocenters. The van der Waals surface area contributed by atoms with Gasteiger partial charge in [0, 0.05) is 29.2 Å². The first-order valence-corrected chi connectivity index (χ1v) is 12.7. The molecule has 0 amide bonds. The zero-order chi connectivity index (χ0) is 25.2. The molecule has 4 rings (SSSR count). The second-order valence-electron chi connectivity index (χ2n) is 11.2. The van der Waals surface area contributed by atoms with Gasteiger partial charge in [0.15, 0.2) is 0 Å². The van der Waals surface area contributed by atoms with Crippen LogP contribution in [0.15, 0.2) is 36.4 Å². The molecule has 35 heavy (non-hydrogen) atoms. The predicted octanol–water partition coefficient (Wildman–Crippen LogP) is 5.99. The Morgan fingerprint density at radius 2 is 1.91 bits per heavy atom. The third-order valence-electron chi connectivity index (χ3n) is 7.05. The van der Waals surface area contributed by atoms with Crippen molar-refractivity contribution < 1.29 is 23.4 Å². The highest BCUT2D eigenvalue weighted by atomic mass is 19.1. The van der Waals surface area contributed by atoms with E-state index in [2.05, 4.69) is 24.8 Å². The second kappa shape index (κ2) is 10.2. The fourth-order valence-corrected chi connectivity index (χ4v) is 5.13. The van der Waals surface area contributed by atoms with Gasteiger partial charge in [0.05, 0.1) is 13.0 Å². The Labute approximate surface area is 208 Å². The van der Waals surface area contributed by atoms with Gasteiger partial charge in [-0.3, -0.25) is 4.79 Å². The monoisotopic (exact) mass is 483 g/mol. The Morgan fingerprint density at radius 1 is 1.17 bits per heavy atom. The summed E-state index contributed by atoms with van der Waals surface area (Å²) in [5.74, 6) is 1.40. The van der Waals surface area contributed by atoms with Crippen molar-refractivity contribution in [3.63, 3.8) is 0 Å². The summed E-state index contributed by atoms with van der Waals surface area (Å²) in [6.45, 7) is 13.2. The maximum Gasteiger partial charge on any atom is 0.307 e. The Morgan fingerprint density at radius 3 is 2.60 bits per heavy atom. The molecule has 2 heterocycles. The van der Waals surface area contributed by atoms with E-state index < -0.39 is 5.60 Å². The van der Waals surface area contributed by atoms with Crippen molar-refractivity contribution in [1.29, 1.82) is 0 Å². The standard InChI is InChI=1S/C29H38FNO4/c1-20(2)22-7-6-8-25(30)23(22)18-33-21-9-10-24-26(17-21)34-19-29(24)12-15-31(16-13-29)14-11-27(32)35-28(3,4)5/h6-10,17,20H,11-16,18-19H2,1-5H3. The summed E-state index contributed by atoms with van der Waals surface area (Å²) in [4.78, 5) is 14.4. The summed E-state index contributed by atoms with van der Waals surface area (Å²) in [7, 11) is 0. The summed E-state index contributed by atoms with van der Waals surface area (Å²) < 4.78 is 32.0. The number of carbonyl (C=O) groups is 1. The topological polar surface area (TPSA) is 48.0 Å². The smallest absolute Gasteiger partial charge is 0.307 e. The van der Waals surface area contributed by atoms with E-state index in [1.165, 1.54) is 11.6 Å².